The largest absolute Gasteiger partial charge is 0.507 e. The molecule has 1 rings (SSSR count). The molecule has 0 amide bonds. The lowest BCUT2D eigenvalue weighted by molar-refractivity contribution is 0.425. The van der Waals surface area contributed by atoms with Crippen LogP contribution in [0, 0.1) is 6.92 Å². The third-order valence-electron chi connectivity index (χ3n) is 4.96. The molecular weight excluding hydrogens is 360 g/mol. The first-order valence-electron chi connectivity index (χ1n) is 10.6. The molecular formula is C26H38O3. The van der Waals surface area contributed by atoms with Crippen LogP contribution in [0.3, 0.4) is 0 Å². The van der Waals surface area contributed by atoms with E-state index in [0.717, 1.165) is 38.5 Å². The van der Waals surface area contributed by atoms with Crippen LogP contribution >= 0.6 is 0 Å². The second kappa shape index (κ2) is 13.0. The molecule has 1 aromatic rings. The molecule has 0 saturated carbocycles. The molecule has 0 radical (unpaired) electrons. The zero-order valence-electron chi connectivity index (χ0n) is 19.1. The first kappa shape index (κ1) is 24.7. The monoisotopic (exact) mass is 398 g/mol. The van der Waals surface area contributed by atoms with Gasteiger partial charge in [0.15, 0.2) is 0 Å². The van der Waals surface area contributed by atoms with E-state index < -0.39 is 5.63 Å². The first-order chi connectivity index (χ1) is 13.7. The van der Waals surface area contributed by atoms with Gasteiger partial charge in [-0.25, -0.2) is 4.79 Å². The summed E-state index contributed by atoms with van der Waals surface area (Å²) in [7, 11) is 0. The van der Waals surface area contributed by atoms with Crippen molar-refractivity contribution in [2.45, 2.75) is 86.5 Å². The Labute approximate surface area is 176 Å². The molecule has 0 spiro atoms. The molecule has 1 aromatic heterocycles. The second-order valence-corrected chi connectivity index (χ2v) is 8.26. The Morgan fingerprint density at radius 2 is 1.34 bits per heavy atom. The lowest BCUT2D eigenvalue weighted by atomic mass is 10.0. The van der Waals surface area contributed by atoms with Crippen molar-refractivity contribution < 1.29 is 9.52 Å². The van der Waals surface area contributed by atoms with Crippen LogP contribution in [0.15, 0.2) is 61.9 Å². The van der Waals surface area contributed by atoms with Gasteiger partial charge in [-0.3, -0.25) is 0 Å². The zero-order valence-corrected chi connectivity index (χ0v) is 19.1. The summed E-state index contributed by atoms with van der Waals surface area (Å²) in [6.45, 7) is 12.4. The topological polar surface area (TPSA) is 50.4 Å². The molecule has 1 heterocycles. The minimum absolute atomic E-state index is 0.0164. The van der Waals surface area contributed by atoms with Gasteiger partial charge in [0.2, 0.25) is 0 Å². The Morgan fingerprint density at radius 3 is 1.83 bits per heavy atom. The maximum Gasteiger partial charge on any atom is 0.343 e. The van der Waals surface area contributed by atoms with Crippen molar-refractivity contribution in [3.63, 3.8) is 0 Å². The Hall–Kier alpha value is -2.29. The van der Waals surface area contributed by atoms with E-state index in [9.17, 15) is 9.90 Å². The molecule has 1 N–H and O–H groups in total. The Kier molecular flexibility index (Phi) is 11.1. The smallest absolute Gasteiger partial charge is 0.343 e. The maximum absolute atomic E-state index is 11.8. The number of aromatic hydroxyl groups is 1. The van der Waals surface area contributed by atoms with Gasteiger partial charge in [-0.1, -0.05) is 46.6 Å². The predicted octanol–water partition coefficient (Wildman–Crippen LogP) is 7.34. The van der Waals surface area contributed by atoms with E-state index in [4.69, 9.17) is 4.42 Å². The summed E-state index contributed by atoms with van der Waals surface area (Å²) in [5.74, 6) is 0.443. The standard InChI is InChI=1S/C26H38O3/c1-19(2)10-7-11-20(3)12-8-13-21(4)14-9-15-22(5)16-17-24-25(27)18-23(6)29-26(24)28/h10,12,14,16,18,27H,7-9,11,13,15,17H2,1-6H3/b20-12+,21-14+,22-16+. The van der Waals surface area contributed by atoms with E-state index in [0.29, 0.717) is 17.7 Å². The van der Waals surface area contributed by atoms with Crippen LogP contribution in [0.2, 0.25) is 0 Å². The highest BCUT2D eigenvalue weighted by Gasteiger charge is 2.08. The minimum atomic E-state index is -0.452. The summed E-state index contributed by atoms with van der Waals surface area (Å²) in [6, 6.07) is 1.49. The summed E-state index contributed by atoms with van der Waals surface area (Å²) in [5, 5.41) is 9.92. The van der Waals surface area contributed by atoms with Gasteiger partial charge in [-0.15, -0.1) is 0 Å². The molecule has 0 aliphatic heterocycles. The summed E-state index contributed by atoms with van der Waals surface area (Å²) < 4.78 is 5.06. The Balaban J connectivity index is 2.41. The second-order valence-electron chi connectivity index (χ2n) is 8.26. The number of aryl methyl sites for hydroxylation is 1. The highest BCUT2D eigenvalue weighted by atomic mass is 16.4. The van der Waals surface area contributed by atoms with E-state index >= 15 is 0 Å². The molecule has 160 valence electrons. The number of rotatable bonds is 11. The molecule has 0 aliphatic rings. The summed E-state index contributed by atoms with van der Waals surface area (Å²) in [4.78, 5) is 11.8. The molecule has 0 saturated heterocycles. The third kappa shape index (κ3) is 10.7. The van der Waals surface area contributed by atoms with Crippen LogP contribution in [-0.2, 0) is 6.42 Å². The first-order valence-corrected chi connectivity index (χ1v) is 10.6. The van der Waals surface area contributed by atoms with Crippen LogP contribution in [0.25, 0.3) is 0 Å². The van der Waals surface area contributed by atoms with E-state index in [-0.39, 0.29) is 5.75 Å². The van der Waals surface area contributed by atoms with Crippen LogP contribution in [-0.4, -0.2) is 5.11 Å². The average molecular weight is 399 g/mol. The van der Waals surface area contributed by atoms with Crippen molar-refractivity contribution in [2.75, 3.05) is 0 Å². The van der Waals surface area contributed by atoms with Crippen LogP contribution in [0.1, 0.15) is 84.5 Å². The summed E-state index contributed by atoms with van der Waals surface area (Å²) >= 11 is 0. The predicted molar refractivity (Wildman–Crippen MR) is 123 cm³/mol. The SMILES string of the molecule is CC(C)=CCC/C(C)=C/CC/C(C)=C/CC/C(C)=C/Cc1c(O)cc(C)oc1=O. The maximum atomic E-state index is 11.8. The van der Waals surface area contributed by atoms with Gasteiger partial charge in [-0.05, 0) is 80.1 Å². The van der Waals surface area contributed by atoms with Gasteiger partial charge < -0.3 is 9.52 Å². The van der Waals surface area contributed by atoms with E-state index in [1.807, 2.05) is 6.08 Å². The van der Waals surface area contributed by atoms with Crippen molar-refractivity contribution in [1.82, 2.24) is 0 Å². The molecule has 0 unspecified atom stereocenters. The highest BCUT2D eigenvalue weighted by molar-refractivity contribution is 5.31. The number of hydrogen-bond donors (Lipinski definition) is 1. The molecule has 0 aliphatic carbocycles. The number of allylic oxidation sites excluding steroid dienone is 8. The van der Waals surface area contributed by atoms with Gasteiger partial charge in [0.1, 0.15) is 11.5 Å². The van der Waals surface area contributed by atoms with Crippen molar-refractivity contribution in [3.05, 3.63) is 74.4 Å². The van der Waals surface area contributed by atoms with Gasteiger partial charge in [0.25, 0.3) is 0 Å². The van der Waals surface area contributed by atoms with Crippen LogP contribution < -0.4 is 5.63 Å². The third-order valence-corrected chi connectivity index (χ3v) is 4.96. The zero-order chi connectivity index (χ0) is 21.8. The fourth-order valence-electron chi connectivity index (χ4n) is 3.07. The van der Waals surface area contributed by atoms with E-state index in [1.54, 1.807) is 6.92 Å². The normalized spacial score (nSPS) is 13.0. The highest BCUT2D eigenvalue weighted by Crippen LogP contribution is 2.17. The molecule has 3 nitrogen and oxygen atoms in total. The van der Waals surface area contributed by atoms with E-state index in [1.165, 1.54) is 28.4 Å². The fraction of sp³-hybridized carbons (Fsp3) is 0.500. The molecule has 3 heteroatoms. The van der Waals surface area contributed by atoms with Gasteiger partial charge in [0.05, 0.1) is 5.56 Å². The van der Waals surface area contributed by atoms with Crippen LogP contribution in [0.4, 0.5) is 0 Å². The van der Waals surface area contributed by atoms with Crippen molar-refractivity contribution in [2.24, 2.45) is 0 Å². The minimum Gasteiger partial charge on any atom is -0.507 e. The molecule has 0 bridgehead atoms. The summed E-state index contributed by atoms with van der Waals surface area (Å²) in [6.07, 6.45) is 15.8. The molecule has 0 aromatic carbocycles. The molecule has 0 fully saturated rings. The lowest BCUT2D eigenvalue weighted by Crippen LogP contribution is -2.07. The summed E-state index contributed by atoms with van der Waals surface area (Å²) in [5.41, 5.74) is 5.37. The van der Waals surface area contributed by atoms with E-state index in [2.05, 4.69) is 52.8 Å². The van der Waals surface area contributed by atoms with Crippen LogP contribution in [0.5, 0.6) is 5.75 Å². The molecule has 29 heavy (non-hydrogen) atoms. The lowest BCUT2D eigenvalue weighted by Gasteiger charge is -2.04. The fourth-order valence-corrected chi connectivity index (χ4v) is 3.07. The average Bonchev–Trinajstić information content (AvgIpc) is 2.60. The number of hydrogen-bond acceptors (Lipinski definition) is 3. The van der Waals surface area contributed by atoms with Crippen molar-refractivity contribution in [1.29, 1.82) is 0 Å². The van der Waals surface area contributed by atoms with Gasteiger partial charge >= 0.3 is 5.63 Å². The van der Waals surface area contributed by atoms with Crippen molar-refractivity contribution in [3.8, 4) is 5.75 Å². The van der Waals surface area contributed by atoms with Crippen molar-refractivity contribution >= 4 is 0 Å². The Morgan fingerprint density at radius 1 is 0.862 bits per heavy atom. The quantitative estimate of drug-likeness (QED) is 0.397. The van der Waals surface area contributed by atoms with Gasteiger partial charge in [-0.2, -0.15) is 0 Å². The van der Waals surface area contributed by atoms with Gasteiger partial charge in [0, 0.05) is 12.5 Å². The Bertz CT molecular complexity index is 828. The molecule has 0 atom stereocenters.